The number of nitrogens with two attached hydrogens (primary N) is 1. The van der Waals surface area contributed by atoms with E-state index in [9.17, 15) is 13.6 Å². The van der Waals surface area contributed by atoms with Crippen molar-refractivity contribution in [2.75, 3.05) is 11.1 Å². The van der Waals surface area contributed by atoms with Crippen LogP contribution in [0.4, 0.5) is 20.3 Å². The lowest BCUT2D eigenvalue weighted by Crippen LogP contribution is -2.14. The van der Waals surface area contributed by atoms with E-state index < -0.39 is 23.2 Å². The average Bonchev–Trinajstić information content (AvgIpc) is 2.38. The molecule has 4 nitrogen and oxygen atoms in total. The zero-order valence-corrected chi connectivity index (χ0v) is 11.0. The van der Waals surface area contributed by atoms with Gasteiger partial charge in [-0.25, -0.2) is 13.8 Å². The molecular weight excluding hydrogens is 320 g/mol. The van der Waals surface area contributed by atoms with Gasteiger partial charge in [0.25, 0.3) is 5.91 Å². The standard InChI is InChI=1S/C12H8BrF2N3O/c13-7-1-2-10(17-5-7)18-12(19)6-3-8(14)11(16)9(15)4-6/h1-5H,16H2,(H,17,18,19). The van der Waals surface area contributed by atoms with Gasteiger partial charge in [-0.3, -0.25) is 4.79 Å². The highest BCUT2D eigenvalue weighted by atomic mass is 79.9. The number of aromatic nitrogens is 1. The molecule has 2 rings (SSSR count). The molecule has 0 bridgehead atoms. The fourth-order valence-corrected chi connectivity index (χ4v) is 1.59. The molecule has 0 aliphatic carbocycles. The van der Waals surface area contributed by atoms with Gasteiger partial charge in [0.15, 0.2) is 0 Å². The number of carbonyl (C=O) groups is 1. The normalized spacial score (nSPS) is 10.3. The first-order valence-corrected chi connectivity index (χ1v) is 5.94. The van der Waals surface area contributed by atoms with Crippen molar-refractivity contribution in [3.05, 3.63) is 52.1 Å². The van der Waals surface area contributed by atoms with Crippen LogP contribution in [0.15, 0.2) is 34.9 Å². The predicted octanol–water partition coefficient (Wildman–Crippen LogP) is 2.96. The third-order valence-corrected chi connectivity index (χ3v) is 2.78. The van der Waals surface area contributed by atoms with E-state index in [2.05, 4.69) is 26.2 Å². The quantitative estimate of drug-likeness (QED) is 0.833. The molecule has 1 aromatic carbocycles. The Morgan fingerprint density at radius 2 is 1.89 bits per heavy atom. The fraction of sp³-hybridized carbons (Fsp3) is 0. The summed E-state index contributed by atoms with van der Waals surface area (Å²) in [5, 5.41) is 2.41. The minimum Gasteiger partial charge on any atom is -0.394 e. The van der Waals surface area contributed by atoms with Crippen LogP contribution in [0.25, 0.3) is 0 Å². The number of amides is 1. The van der Waals surface area contributed by atoms with Crippen LogP contribution in [-0.2, 0) is 0 Å². The van der Waals surface area contributed by atoms with Crippen LogP contribution >= 0.6 is 15.9 Å². The van der Waals surface area contributed by atoms with E-state index in [0.29, 0.717) is 0 Å². The highest BCUT2D eigenvalue weighted by molar-refractivity contribution is 9.10. The van der Waals surface area contributed by atoms with Gasteiger partial charge < -0.3 is 11.1 Å². The smallest absolute Gasteiger partial charge is 0.257 e. The van der Waals surface area contributed by atoms with Gasteiger partial charge in [-0.15, -0.1) is 0 Å². The van der Waals surface area contributed by atoms with Crippen LogP contribution in [0, 0.1) is 11.6 Å². The number of halogens is 3. The Hall–Kier alpha value is -2.02. The van der Waals surface area contributed by atoms with E-state index in [-0.39, 0.29) is 11.4 Å². The van der Waals surface area contributed by atoms with Gasteiger partial charge in [-0.1, -0.05) is 0 Å². The molecule has 0 saturated carbocycles. The van der Waals surface area contributed by atoms with Gasteiger partial charge >= 0.3 is 0 Å². The average molecular weight is 328 g/mol. The maximum Gasteiger partial charge on any atom is 0.257 e. The van der Waals surface area contributed by atoms with E-state index >= 15 is 0 Å². The van der Waals surface area contributed by atoms with Crippen molar-refractivity contribution in [1.82, 2.24) is 4.98 Å². The summed E-state index contributed by atoms with van der Waals surface area (Å²) in [6.45, 7) is 0. The SMILES string of the molecule is Nc1c(F)cc(C(=O)Nc2ccc(Br)cn2)cc1F. The summed E-state index contributed by atoms with van der Waals surface area (Å²) in [7, 11) is 0. The van der Waals surface area contributed by atoms with Crippen molar-refractivity contribution in [1.29, 1.82) is 0 Å². The lowest BCUT2D eigenvalue weighted by atomic mass is 10.1. The fourth-order valence-electron chi connectivity index (χ4n) is 1.35. The number of anilines is 2. The molecule has 0 aliphatic rings. The Kier molecular flexibility index (Phi) is 3.75. The number of hydrogen-bond donors (Lipinski definition) is 2. The zero-order valence-electron chi connectivity index (χ0n) is 9.45. The Labute approximate surface area is 115 Å². The summed E-state index contributed by atoms with van der Waals surface area (Å²) in [4.78, 5) is 15.7. The highest BCUT2D eigenvalue weighted by Gasteiger charge is 2.13. The summed E-state index contributed by atoms with van der Waals surface area (Å²) in [5.41, 5.74) is 4.34. The molecule has 0 fully saturated rings. The molecule has 19 heavy (non-hydrogen) atoms. The second-order valence-corrected chi connectivity index (χ2v) is 4.59. The summed E-state index contributed by atoms with van der Waals surface area (Å²) in [6.07, 6.45) is 1.49. The molecule has 2 aromatic rings. The molecule has 1 heterocycles. The lowest BCUT2D eigenvalue weighted by Gasteiger charge is -2.06. The monoisotopic (exact) mass is 327 g/mol. The van der Waals surface area contributed by atoms with Gasteiger partial charge in [-0.05, 0) is 40.2 Å². The van der Waals surface area contributed by atoms with E-state index in [0.717, 1.165) is 16.6 Å². The largest absolute Gasteiger partial charge is 0.394 e. The highest BCUT2D eigenvalue weighted by Crippen LogP contribution is 2.18. The van der Waals surface area contributed by atoms with Crippen molar-refractivity contribution < 1.29 is 13.6 Å². The van der Waals surface area contributed by atoms with Crippen LogP contribution < -0.4 is 11.1 Å². The number of hydrogen-bond acceptors (Lipinski definition) is 3. The van der Waals surface area contributed by atoms with Gasteiger partial charge in [0.1, 0.15) is 23.1 Å². The van der Waals surface area contributed by atoms with Gasteiger partial charge in [-0.2, -0.15) is 0 Å². The van der Waals surface area contributed by atoms with E-state index in [1.165, 1.54) is 6.20 Å². The molecule has 98 valence electrons. The molecule has 0 radical (unpaired) electrons. The minimum absolute atomic E-state index is 0.172. The maximum atomic E-state index is 13.2. The van der Waals surface area contributed by atoms with Gasteiger partial charge in [0, 0.05) is 16.2 Å². The van der Waals surface area contributed by atoms with Gasteiger partial charge in [0.05, 0.1) is 0 Å². The van der Waals surface area contributed by atoms with Crippen LogP contribution in [0.5, 0.6) is 0 Å². The zero-order chi connectivity index (χ0) is 14.0. The van der Waals surface area contributed by atoms with Gasteiger partial charge in [0.2, 0.25) is 0 Å². The molecule has 0 atom stereocenters. The van der Waals surface area contributed by atoms with Crippen molar-refractivity contribution in [2.24, 2.45) is 0 Å². The van der Waals surface area contributed by atoms with Crippen LogP contribution in [-0.4, -0.2) is 10.9 Å². The van der Waals surface area contributed by atoms with Crippen molar-refractivity contribution >= 4 is 33.3 Å². The first-order valence-electron chi connectivity index (χ1n) is 5.15. The second-order valence-electron chi connectivity index (χ2n) is 3.67. The van der Waals surface area contributed by atoms with Crippen molar-refractivity contribution in [3.8, 4) is 0 Å². The van der Waals surface area contributed by atoms with Crippen LogP contribution in [0.2, 0.25) is 0 Å². The first-order chi connectivity index (χ1) is 8.97. The molecule has 3 N–H and O–H groups in total. The number of nitrogens with one attached hydrogen (secondary N) is 1. The van der Waals surface area contributed by atoms with E-state index in [1.54, 1.807) is 12.1 Å². The number of rotatable bonds is 2. The maximum absolute atomic E-state index is 13.2. The third-order valence-electron chi connectivity index (χ3n) is 2.31. The Balaban J connectivity index is 2.23. The molecule has 1 aromatic heterocycles. The Morgan fingerprint density at radius 1 is 1.26 bits per heavy atom. The second kappa shape index (κ2) is 5.31. The number of nitrogen functional groups attached to an aromatic ring is 1. The molecule has 0 spiro atoms. The van der Waals surface area contributed by atoms with E-state index in [1.807, 2.05) is 0 Å². The molecule has 0 saturated heterocycles. The molecule has 1 amide bonds. The number of benzene rings is 1. The topological polar surface area (TPSA) is 68.0 Å². The number of carbonyl (C=O) groups excluding carboxylic acids is 1. The summed E-state index contributed by atoms with van der Waals surface area (Å²) in [6, 6.07) is 4.96. The lowest BCUT2D eigenvalue weighted by molar-refractivity contribution is 0.102. The molecule has 0 aliphatic heterocycles. The summed E-state index contributed by atoms with van der Waals surface area (Å²) >= 11 is 3.20. The first kappa shape index (κ1) is 13.4. The van der Waals surface area contributed by atoms with Crippen LogP contribution in [0.1, 0.15) is 10.4 Å². The van der Waals surface area contributed by atoms with Crippen LogP contribution in [0.3, 0.4) is 0 Å². The van der Waals surface area contributed by atoms with Crippen molar-refractivity contribution in [2.45, 2.75) is 0 Å². The minimum atomic E-state index is -0.978. The van der Waals surface area contributed by atoms with Crippen molar-refractivity contribution in [3.63, 3.8) is 0 Å². The molecular formula is C12H8BrF2N3O. The third kappa shape index (κ3) is 3.05. The molecule has 0 unspecified atom stereocenters. The Morgan fingerprint density at radius 3 is 2.42 bits per heavy atom. The number of nitrogens with zero attached hydrogens (tertiary/aromatic N) is 1. The number of pyridine rings is 1. The predicted molar refractivity (Wildman–Crippen MR) is 70.7 cm³/mol. The molecule has 7 heteroatoms. The summed E-state index contributed by atoms with van der Waals surface area (Å²) in [5.74, 6) is -2.36. The summed E-state index contributed by atoms with van der Waals surface area (Å²) < 4.78 is 27.2. The Bertz CT molecular complexity index is 608. The van der Waals surface area contributed by atoms with E-state index in [4.69, 9.17) is 5.73 Å².